The minimum Gasteiger partial charge on any atom is -0.508 e. The van der Waals surface area contributed by atoms with Gasteiger partial charge >= 0.3 is 5.97 Å². The van der Waals surface area contributed by atoms with Crippen LogP contribution in [0.1, 0.15) is 16.7 Å². The average molecular weight is 584 g/mol. The van der Waals surface area contributed by atoms with E-state index in [1.54, 1.807) is 43.1 Å². The summed E-state index contributed by atoms with van der Waals surface area (Å²) in [6.07, 6.45) is 1.96. The fourth-order valence-electron chi connectivity index (χ4n) is 3.84. The van der Waals surface area contributed by atoms with Gasteiger partial charge in [0.25, 0.3) is 0 Å². The van der Waals surface area contributed by atoms with E-state index in [0.29, 0.717) is 39.1 Å². The van der Waals surface area contributed by atoms with E-state index in [4.69, 9.17) is 23.2 Å². The highest BCUT2D eigenvalue weighted by molar-refractivity contribution is 7.90. The molecule has 0 saturated heterocycles. The van der Waals surface area contributed by atoms with Gasteiger partial charge in [0.05, 0.1) is 4.90 Å². The van der Waals surface area contributed by atoms with E-state index in [9.17, 15) is 28.0 Å². The maximum absolute atomic E-state index is 13.2. The molecule has 0 heterocycles. The number of benzene rings is 3. The van der Waals surface area contributed by atoms with Crippen molar-refractivity contribution >= 4 is 51.5 Å². The van der Waals surface area contributed by atoms with Gasteiger partial charge in [-0.2, -0.15) is 0 Å². The first-order valence-electron chi connectivity index (χ1n) is 11.3. The standard InChI is InChI=1S/C26H28Cl2NO6PS/c1-36(33,20-7-4-6-19(30)15-20)10-9-18-12-23(27)22(24(28)13-18)16-29-25(26(31)32)14-17-5-3-8-21(11-17)37(2,34)35/h3-8,11-13,15,25,29-30H,9-10,14,16H2,1-2H3,(H,31,32). The fourth-order valence-corrected chi connectivity index (χ4v) is 6.95. The van der Waals surface area contributed by atoms with Crippen molar-refractivity contribution in [1.82, 2.24) is 5.32 Å². The molecule has 3 N–H and O–H groups in total. The van der Waals surface area contributed by atoms with E-state index in [1.807, 2.05) is 0 Å². The molecule has 37 heavy (non-hydrogen) atoms. The smallest absolute Gasteiger partial charge is 0.321 e. The van der Waals surface area contributed by atoms with Gasteiger partial charge < -0.3 is 14.8 Å². The van der Waals surface area contributed by atoms with Gasteiger partial charge in [-0.05, 0) is 67.0 Å². The first kappa shape index (κ1) is 29.2. The lowest BCUT2D eigenvalue weighted by atomic mass is 10.0. The second-order valence-electron chi connectivity index (χ2n) is 9.03. The van der Waals surface area contributed by atoms with Crippen LogP contribution < -0.4 is 10.6 Å². The molecule has 11 heteroatoms. The minimum atomic E-state index is -3.42. The van der Waals surface area contributed by atoms with Crippen LogP contribution in [0.3, 0.4) is 0 Å². The van der Waals surface area contributed by atoms with Crippen molar-refractivity contribution in [1.29, 1.82) is 0 Å². The van der Waals surface area contributed by atoms with Crippen LogP contribution in [-0.4, -0.2) is 49.7 Å². The fraction of sp³-hybridized carbons (Fsp3) is 0.269. The van der Waals surface area contributed by atoms with Gasteiger partial charge in [0.2, 0.25) is 0 Å². The molecule has 3 rings (SSSR count). The zero-order valence-electron chi connectivity index (χ0n) is 20.3. The van der Waals surface area contributed by atoms with E-state index in [0.717, 1.165) is 11.8 Å². The lowest BCUT2D eigenvalue weighted by molar-refractivity contribution is -0.139. The zero-order chi connectivity index (χ0) is 27.4. The molecule has 0 spiro atoms. The molecule has 0 amide bonds. The molecule has 0 fully saturated rings. The Labute approximate surface area is 226 Å². The number of phenolic OH excluding ortho intramolecular Hbond substituents is 1. The van der Waals surface area contributed by atoms with Crippen molar-refractivity contribution in [2.75, 3.05) is 19.1 Å². The molecule has 7 nitrogen and oxygen atoms in total. The molecular formula is C26H28Cl2NO6PS. The summed E-state index contributed by atoms with van der Waals surface area (Å²) >= 11 is 13.0. The summed E-state index contributed by atoms with van der Waals surface area (Å²) in [7, 11) is -6.14. The third-order valence-electron chi connectivity index (χ3n) is 5.99. The first-order valence-corrected chi connectivity index (χ1v) is 16.3. The number of hydrogen-bond acceptors (Lipinski definition) is 6. The van der Waals surface area contributed by atoms with Crippen LogP contribution in [0, 0.1) is 0 Å². The molecule has 3 aromatic rings. The largest absolute Gasteiger partial charge is 0.508 e. The number of phenols is 1. The number of carbonyl (C=O) groups is 1. The average Bonchev–Trinajstić information content (AvgIpc) is 2.81. The van der Waals surface area contributed by atoms with Crippen molar-refractivity contribution in [3.8, 4) is 5.75 Å². The van der Waals surface area contributed by atoms with Crippen LogP contribution in [0.2, 0.25) is 10.0 Å². The molecule has 3 aromatic carbocycles. The minimum absolute atomic E-state index is 0.0604. The molecule has 2 atom stereocenters. The highest BCUT2D eigenvalue weighted by Gasteiger charge is 2.22. The monoisotopic (exact) mass is 583 g/mol. The van der Waals surface area contributed by atoms with Gasteiger partial charge in [-0.1, -0.05) is 47.5 Å². The van der Waals surface area contributed by atoms with Crippen LogP contribution in [0.5, 0.6) is 5.75 Å². The Kier molecular flexibility index (Phi) is 9.48. The Balaban J connectivity index is 1.69. The molecule has 0 aromatic heterocycles. The van der Waals surface area contributed by atoms with Crippen molar-refractivity contribution in [3.63, 3.8) is 0 Å². The van der Waals surface area contributed by atoms with E-state index in [1.165, 1.54) is 24.3 Å². The second kappa shape index (κ2) is 12.0. The highest BCUT2D eigenvalue weighted by atomic mass is 35.5. The Hall–Kier alpha value is -2.35. The van der Waals surface area contributed by atoms with E-state index in [2.05, 4.69) is 5.32 Å². The maximum atomic E-state index is 13.2. The lowest BCUT2D eigenvalue weighted by Gasteiger charge is -2.18. The van der Waals surface area contributed by atoms with Crippen LogP contribution in [-0.2, 0) is 38.6 Å². The Morgan fingerprint density at radius 3 is 2.27 bits per heavy atom. The summed E-state index contributed by atoms with van der Waals surface area (Å²) < 4.78 is 36.8. The number of halogens is 2. The van der Waals surface area contributed by atoms with Gasteiger partial charge in [-0.3, -0.25) is 10.1 Å². The molecule has 0 aliphatic heterocycles. The quantitative estimate of drug-likeness (QED) is 0.278. The SMILES string of the molecule is CP(=O)(CCc1cc(Cl)c(CNC(Cc2cccc(S(C)(=O)=O)c2)C(=O)O)c(Cl)c1)c1cccc(O)c1. The molecule has 0 saturated carbocycles. The Morgan fingerprint density at radius 2 is 1.68 bits per heavy atom. The lowest BCUT2D eigenvalue weighted by Crippen LogP contribution is -2.38. The molecular weight excluding hydrogens is 556 g/mol. The summed E-state index contributed by atoms with van der Waals surface area (Å²) in [5.41, 5.74) is 1.87. The molecule has 2 unspecified atom stereocenters. The van der Waals surface area contributed by atoms with E-state index in [-0.39, 0.29) is 23.6 Å². The van der Waals surface area contributed by atoms with E-state index >= 15 is 0 Å². The number of hydrogen-bond donors (Lipinski definition) is 3. The molecule has 198 valence electrons. The predicted octanol–water partition coefficient (Wildman–Crippen LogP) is 4.75. The second-order valence-corrected chi connectivity index (χ2v) is 15.0. The maximum Gasteiger partial charge on any atom is 0.321 e. The summed E-state index contributed by atoms with van der Waals surface area (Å²) in [4.78, 5) is 12.0. The van der Waals surface area contributed by atoms with Crippen molar-refractivity contribution in [3.05, 3.63) is 87.4 Å². The number of aryl methyl sites for hydroxylation is 1. The first-order chi connectivity index (χ1) is 17.3. The van der Waals surface area contributed by atoms with Crippen LogP contribution in [0.15, 0.2) is 65.6 Å². The summed E-state index contributed by atoms with van der Waals surface area (Å²) in [5.74, 6) is -1.04. The number of aliphatic carboxylic acids is 1. The summed E-state index contributed by atoms with van der Waals surface area (Å²) in [6.45, 7) is 1.75. The van der Waals surface area contributed by atoms with Crippen molar-refractivity contribution in [2.45, 2.75) is 30.3 Å². The van der Waals surface area contributed by atoms with Gasteiger partial charge in [0, 0.05) is 39.9 Å². The topological polar surface area (TPSA) is 121 Å². The van der Waals surface area contributed by atoms with Crippen LogP contribution in [0.4, 0.5) is 0 Å². The number of rotatable bonds is 11. The van der Waals surface area contributed by atoms with Gasteiger partial charge in [-0.15, -0.1) is 0 Å². The van der Waals surface area contributed by atoms with Gasteiger partial charge in [0.15, 0.2) is 9.84 Å². The molecule has 0 aliphatic rings. The van der Waals surface area contributed by atoms with E-state index < -0.39 is 29.0 Å². The molecule has 0 bridgehead atoms. The third-order valence-corrected chi connectivity index (χ3v) is 10.2. The van der Waals surface area contributed by atoms with Gasteiger partial charge in [-0.25, -0.2) is 8.42 Å². The third kappa shape index (κ3) is 8.06. The summed E-state index contributed by atoms with van der Waals surface area (Å²) in [6, 6.07) is 15.0. The number of carboxylic acids is 1. The highest BCUT2D eigenvalue weighted by Crippen LogP contribution is 2.41. The Bertz CT molecular complexity index is 1440. The molecule has 0 aliphatic carbocycles. The zero-order valence-corrected chi connectivity index (χ0v) is 23.5. The number of carboxylic acid groups (broad SMARTS) is 1. The number of nitrogens with one attached hydrogen (secondary N) is 1. The number of aromatic hydroxyl groups is 1. The van der Waals surface area contributed by atoms with Crippen molar-refractivity contribution < 1.29 is 28.0 Å². The Morgan fingerprint density at radius 1 is 1.03 bits per heavy atom. The number of sulfone groups is 1. The normalized spacial score (nSPS) is 14.2. The predicted molar refractivity (Wildman–Crippen MR) is 148 cm³/mol. The molecule has 0 radical (unpaired) electrons. The van der Waals surface area contributed by atoms with Crippen LogP contribution in [0.25, 0.3) is 0 Å². The summed E-state index contributed by atoms with van der Waals surface area (Å²) in [5, 5.41) is 23.6. The van der Waals surface area contributed by atoms with Gasteiger partial charge in [0.1, 0.15) is 18.9 Å². The van der Waals surface area contributed by atoms with Crippen molar-refractivity contribution in [2.24, 2.45) is 0 Å². The van der Waals surface area contributed by atoms with Crippen LogP contribution >= 0.6 is 30.3 Å².